The van der Waals surface area contributed by atoms with Crippen LogP contribution in [0.3, 0.4) is 0 Å². The highest BCUT2D eigenvalue weighted by Crippen LogP contribution is 2.40. The maximum Gasteiger partial charge on any atom is 0.252 e. The summed E-state index contributed by atoms with van der Waals surface area (Å²) in [4.78, 5) is 20.6. The molecule has 7 nitrogen and oxygen atoms in total. The van der Waals surface area contributed by atoms with Gasteiger partial charge in [-0.2, -0.15) is 5.10 Å². The van der Waals surface area contributed by atoms with E-state index in [0.29, 0.717) is 18.0 Å². The fourth-order valence-corrected chi connectivity index (χ4v) is 4.42. The SMILES string of the molecule is CC(C)n1ncc2c(C(=O)NC[C@H](c3ccco3)N3CCCC3)cc(C3CC3)nc21. The average Bonchev–Trinajstić information content (AvgIpc) is 3.16. The number of pyridine rings is 1. The van der Waals surface area contributed by atoms with Crippen molar-refractivity contribution in [1.82, 2.24) is 25.0 Å². The Kier molecular flexibility index (Phi) is 5.06. The Morgan fingerprint density at radius 1 is 1.30 bits per heavy atom. The van der Waals surface area contributed by atoms with Crippen molar-refractivity contribution >= 4 is 16.9 Å². The van der Waals surface area contributed by atoms with Gasteiger partial charge in [0.2, 0.25) is 0 Å². The van der Waals surface area contributed by atoms with Gasteiger partial charge in [0.25, 0.3) is 5.91 Å². The molecule has 3 aromatic heterocycles. The van der Waals surface area contributed by atoms with Crippen molar-refractivity contribution in [3.8, 4) is 0 Å². The second-order valence-corrected chi connectivity index (χ2v) is 8.77. The van der Waals surface area contributed by atoms with E-state index < -0.39 is 0 Å². The van der Waals surface area contributed by atoms with Gasteiger partial charge in [-0.05, 0) is 70.8 Å². The average molecular weight is 408 g/mol. The number of carbonyl (C=O) groups is 1. The molecule has 5 rings (SSSR count). The Morgan fingerprint density at radius 3 is 2.77 bits per heavy atom. The van der Waals surface area contributed by atoms with E-state index in [2.05, 4.69) is 29.2 Å². The highest BCUT2D eigenvalue weighted by Gasteiger charge is 2.29. The van der Waals surface area contributed by atoms with Gasteiger partial charge in [-0.3, -0.25) is 9.69 Å². The van der Waals surface area contributed by atoms with Gasteiger partial charge in [0, 0.05) is 24.2 Å². The summed E-state index contributed by atoms with van der Waals surface area (Å²) in [6.07, 6.45) is 8.15. The predicted molar refractivity (Wildman–Crippen MR) is 114 cm³/mol. The summed E-state index contributed by atoms with van der Waals surface area (Å²) in [6, 6.07) is 6.13. The Balaban J connectivity index is 1.42. The number of hydrogen-bond acceptors (Lipinski definition) is 5. The van der Waals surface area contributed by atoms with Crippen LogP contribution in [0.4, 0.5) is 0 Å². The first-order valence-corrected chi connectivity index (χ1v) is 11.1. The van der Waals surface area contributed by atoms with Gasteiger partial charge in [-0.1, -0.05) is 0 Å². The standard InChI is InChI=1S/C23H29N5O2/c1-15(2)28-22-18(13-25-28)17(12-19(26-22)16-7-8-16)23(29)24-14-20(21-6-5-11-30-21)27-9-3-4-10-27/h5-6,11-13,15-16,20H,3-4,7-10,14H2,1-2H3,(H,24,29)/t20-/m1/s1. The number of fused-ring (bicyclic) bond motifs is 1. The fourth-order valence-electron chi connectivity index (χ4n) is 4.42. The normalized spacial score (nSPS) is 18.4. The van der Waals surface area contributed by atoms with Gasteiger partial charge in [0.05, 0.1) is 29.5 Å². The quantitative estimate of drug-likeness (QED) is 0.639. The Morgan fingerprint density at radius 2 is 2.10 bits per heavy atom. The molecule has 7 heteroatoms. The van der Waals surface area contributed by atoms with E-state index in [1.165, 1.54) is 12.8 Å². The molecule has 1 saturated carbocycles. The van der Waals surface area contributed by atoms with Crippen molar-refractivity contribution in [2.45, 2.75) is 57.5 Å². The van der Waals surface area contributed by atoms with E-state index in [-0.39, 0.29) is 18.0 Å². The van der Waals surface area contributed by atoms with E-state index in [1.54, 1.807) is 12.5 Å². The highest BCUT2D eigenvalue weighted by atomic mass is 16.3. The summed E-state index contributed by atoms with van der Waals surface area (Å²) in [5.41, 5.74) is 2.49. The van der Waals surface area contributed by atoms with Crippen LogP contribution < -0.4 is 5.32 Å². The number of likely N-dealkylation sites (tertiary alicyclic amines) is 1. The number of amides is 1. The van der Waals surface area contributed by atoms with Gasteiger partial charge < -0.3 is 9.73 Å². The molecule has 2 aliphatic rings. The predicted octanol–water partition coefficient (Wildman–Crippen LogP) is 4.05. The zero-order valence-electron chi connectivity index (χ0n) is 17.7. The molecule has 1 amide bonds. The zero-order valence-corrected chi connectivity index (χ0v) is 17.7. The number of nitrogens with zero attached hydrogens (tertiary/aromatic N) is 4. The summed E-state index contributed by atoms with van der Waals surface area (Å²) in [5, 5.41) is 8.51. The number of furan rings is 1. The lowest BCUT2D eigenvalue weighted by atomic mass is 10.1. The smallest absolute Gasteiger partial charge is 0.252 e. The van der Waals surface area contributed by atoms with Crippen molar-refractivity contribution in [3.05, 3.63) is 47.7 Å². The molecule has 0 aromatic carbocycles. The van der Waals surface area contributed by atoms with Crippen molar-refractivity contribution < 1.29 is 9.21 Å². The summed E-state index contributed by atoms with van der Waals surface area (Å²) >= 11 is 0. The van der Waals surface area contributed by atoms with Crippen LogP contribution in [0.25, 0.3) is 11.0 Å². The molecule has 1 saturated heterocycles. The van der Waals surface area contributed by atoms with Gasteiger partial charge >= 0.3 is 0 Å². The van der Waals surface area contributed by atoms with Crippen LogP contribution in [-0.4, -0.2) is 45.2 Å². The van der Waals surface area contributed by atoms with Crippen LogP contribution in [-0.2, 0) is 0 Å². The van der Waals surface area contributed by atoms with Crippen LogP contribution in [0.2, 0.25) is 0 Å². The molecule has 3 aromatic rings. The molecular weight excluding hydrogens is 378 g/mol. The van der Waals surface area contributed by atoms with Gasteiger partial charge in [-0.15, -0.1) is 0 Å². The molecule has 0 unspecified atom stereocenters. The van der Waals surface area contributed by atoms with Crippen molar-refractivity contribution in [3.63, 3.8) is 0 Å². The minimum atomic E-state index is -0.0663. The Bertz CT molecular complexity index is 1030. The van der Waals surface area contributed by atoms with Gasteiger partial charge in [0.15, 0.2) is 5.65 Å². The lowest BCUT2D eigenvalue weighted by Crippen LogP contribution is -2.36. The highest BCUT2D eigenvalue weighted by molar-refractivity contribution is 6.05. The first-order chi connectivity index (χ1) is 14.6. The molecule has 158 valence electrons. The third-order valence-corrected chi connectivity index (χ3v) is 6.22. The number of hydrogen-bond donors (Lipinski definition) is 1. The van der Waals surface area contributed by atoms with Crippen LogP contribution in [0.5, 0.6) is 0 Å². The van der Waals surface area contributed by atoms with Crippen molar-refractivity contribution in [2.24, 2.45) is 0 Å². The third kappa shape index (κ3) is 3.62. The first kappa shape index (κ1) is 19.3. The Hall–Kier alpha value is -2.67. The largest absolute Gasteiger partial charge is 0.468 e. The lowest BCUT2D eigenvalue weighted by molar-refractivity contribution is 0.0935. The van der Waals surface area contributed by atoms with Crippen LogP contribution >= 0.6 is 0 Å². The first-order valence-electron chi connectivity index (χ1n) is 11.1. The van der Waals surface area contributed by atoms with E-state index in [1.807, 2.05) is 22.9 Å². The van der Waals surface area contributed by atoms with Gasteiger partial charge in [0.1, 0.15) is 5.76 Å². The van der Waals surface area contributed by atoms with E-state index in [0.717, 1.165) is 48.4 Å². The van der Waals surface area contributed by atoms with Crippen LogP contribution in [0, 0.1) is 0 Å². The Labute approximate surface area is 176 Å². The van der Waals surface area contributed by atoms with E-state index in [9.17, 15) is 4.79 Å². The summed E-state index contributed by atoms with van der Waals surface area (Å²) in [7, 11) is 0. The topological polar surface area (TPSA) is 76.2 Å². The molecule has 1 atom stereocenters. The minimum Gasteiger partial charge on any atom is -0.468 e. The molecule has 1 aliphatic heterocycles. The van der Waals surface area contributed by atoms with Crippen LogP contribution in [0.15, 0.2) is 35.1 Å². The number of rotatable bonds is 7. The third-order valence-electron chi connectivity index (χ3n) is 6.22. The molecule has 1 aliphatic carbocycles. The minimum absolute atomic E-state index is 0.0602. The summed E-state index contributed by atoms with van der Waals surface area (Å²) in [5.74, 6) is 1.31. The lowest BCUT2D eigenvalue weighted by Gasteiger charge is -2.26. The molecule has 30 heavy (non-hydrogen) atoms. The van der Waals surface area contributed by atoms with E-state index >= 15 is 0 Å². The van der Waals surface area contributed by atoms with Crippen LogP contribution in [0.1, 0.15) is 79.3 Å². The molecule has 0 spiro atoms. The van der Waals surface area contributed by atoms with Gasteiger partial charge in [-0.25, -0.2) is 9.67 Å². The summed E-state index contributed by atoms with van der Waals surface area (Å²) < 4.78 is 7.60. The molecule has 4 heterocycles. The number of nitrogens with one attached hydrogen (secondary N) is 1. The zero-order chi connectivity index (χ0) is 20.7. The van der Waals surface area contributed by atoms with Crippen molar-refractivity contribution in [2.75, 3.05) is 19.6 Å². The van der Waals surface area contributed by atoms with E-state index in [4.69, 9.17) is 9.40 Å². The molecular formula is C23H29N5O2. The maximum atomic E-state index is 13.3. The molecule has 1 N–H and O–H groups in total. The number of aromatic nitrogens is 3. The monoisotopic (exact) mass is 407 g/mol. The molecule has 0 bridgehead atoms. The summed E-state index contributed by atoms with van der Waals surface area (Å²) in [6.45, 7) is 6.76. The fraction of sp³-hybridized carbons (Fsp3) is 0.522. The second-order valence-electron chi connectivity index (χ2n) is 8.77. The second kappa shape index (κ2) is 7.87. The maximum absolute atomic E-state index is 13.3. The number of carbonyl (C=O) groups excluding carboxylic acids is 1. The molecule has 2 fully saturated rings. The van der Waals surface area contributed by atoms with Crippen molar-refractivity contribution in [1.29, 1.82) is 0 Å². The molecule has 0 radical (unpaired) electrons.